The second-order valence-corrected chi connectivity index (χ2v) is 5.14. The van der Waals surface area contributed by atoms with Crippen LogP contribution in [-0.2, 0) is 22.5 Å². The first kappa shape index (κ1) is 16.7. The van der Waals surface area contributed by atoms with Gasteiger partial charge in [-0.15, -0.1) is 0 Å². The summed E-state index contributed by atoms with van der Waals surface area (Å²) >= 11 is 0. The maximum atomic E-state index is 11.6. The molecular formula is C17H22N4O2. The number of aromatic nitrogens is 2. The minimum Gasteiger partial charge on any atom is -0.466 e. The molecule has 0 fully saturated rings. The van der Waals surface area contributed by atoms with Gasteiger partial charge in [-0.1, -0.05) is 30.3 Å². The lowest BCUT2D eigenvalue weighted by molar-refractivity contribution is -0.143. The van der Waals surface area contributed by atoms with Crippen LogP contribution < -0.4 is 11.1 Å². The molecule has 1 aromatic heterocycles. The van der Waals surface area contributed by atoms with Gasteiger partial charge >= 0.3 is 5.97 Å². The molecule has 0 bridgehead atoms. The smallest absolute Gasteiger partial charge is 0.306 e. The number of hydrogen-bond donors (Lipinski definition) is 2. The summed E-state index contributed by atoms with van der Waals surface area (Å²) in [5, 5.41) is 3.28. The van der Waals surface area contributed by atoms with Gasteiger partial charge in [0.25, 0.3) is 0 Å². The fourth-order valence-corrected chi connectivity index (χ4v) is 2.31. The summed E-state index contributed by atoms with van der Waals surface area (Å²) < 4.78 is 4.97. The van der Waals surface area contributed by atoms with Crippen LogP contribution in [-0.4, -0.2) is 22.5 Å². The molecule has 0 unspecified atom stereocenters. The number of carbonyl (C=O) groups excluding carboxylic acids is 1. The molecule has 0 aliphatic heterocycles. The third kappa shape index (κ3) is 4.95. The normalized spacial score (nSPS) is 10.3. The average Bonchev–Trinajstić information content (AvgIpc) is 2.53. The van der Waals surface area contributed by atoms with Crippen LogP contribution in [0.25, 0.3) is 0 Å². The Hall–Kier alpha value is -2.63. The van der Waals surface area contributed by atoms with Crippen molar-refractivity contribution in [3.05, 3.63) is 47.2 Å². The highest BCUT2D eigenvalue weighted by molar-refractivity contribution is 5.70. The van der Waals surface area contributed by atoms with Crippen LogP contribution in [0.3, 0.4) is 0 Å². The van der Waals surface area contributed by atoms with Crippen molar-refractivity contribution in [1.29, 1.82) is 0 Å². The minimum absolute atomic E-state index is 0.220. The number of benzene rings is 1. The number of aryl methyl sites for hydroxylation is 1. The van der Waals surface area contributed by atoms with Crippen molar-refractivity contribution < 1.29 is 9.53 Å². The Balaban J connectivity index is 2.11. The molecule has 0 amide bonds. The van der Waals surface area contributed by atoms with E-state index in [1.54, 1.807) is 6.92 Å². The van der Waals surface area contributed by atoms with E-state index < -0.39 is 0 Å². The first-order valence-corrected chi connectivity index (χ1v) is 7.66. The maximum Gasteiger partial charge on any atom is 0.306 e. The Morgan fingerprint density at radius 1 is 1.26 bits per heavy atom. The Morgan fingerprint density at radius 2 is 2.00 bits per heavy atom. The molecule has 6 nitrogen and oxygen atoms in total. The number of anilines is 2. The van der Waals surface area contributed by atoms with Gasteiger partial charge in [-0.3, -0.25) is 4.79 Å². The van der Waals surface area contributed by atoms with Crippen molar-refractivity contribution in [2.45, 2.75) is 33.2 Å². The highest BCUT2D eigenvalue weighted by Gasteiger charge is 2.13. The summed E-state index contributed by atoms with van der Waals surface area (Å²) in [5.41, 5.74) is 8.55. The van der Waals surface area contributed by atoms with E-state index in [2.05, 4.69) is 15.3 Å². The van der Waals surface area contributed by atoms with Gasteiger partial charge in [-0.2, -0.15) is 4.98 Å². The second-order valence-electron chi connectivity index (χ2n) is 5.14. The zero-order valence-electron chi connectivity index (χ0n) is 13.5. The molecule has 0 saturated heterocycles. The molecule has 6 heteroatoms. The lowest BCUT2D eigenvalue weighted by Crippen LogP contribution is -2.12. The van der Waals surface area contributed by atoms with Crippen molar-refractivity contribution in [3.63, 3.8) is 0 Å². The maximum absolute atomic E-state index is 11.6. The van der Waals surface area contributed by atoms with Crippen LogP contribution in [0.1, 0.15) is 30.2 Å². The minimum atomic E-state index is -0.224. The number of carbonyl (C=O) groups is 1. The van der Waals surface area contributed by atoms with Gasteiger partial charge in [0.2, 0.25) is 5.95 Å². The predicted octanol–water partition coefficient (Wildman–Crippen LogP) is 2.48. The number of rotatable bonds is 7. The molecule has 0 atom stereocenters. The molecule has 0 saturated carbocycles. The fraction of sp³-hybridized carbons (Fsp3) is 0.353. The van der Waals surface area contributed by atoms with Crippen LogP contribution in [0.15, 0.2) is 30.3 Å². The van der Waals surface area contributed by atoms with E-state index in [4.69, 9.17) is 10.5 Å². The van der Waals surface area contributed by atoms with E-state index in [1.165, 1.54) is 0 Å². The van der Waals surface area contributed by atoms with Crippen molar-refractivity contribution >= 4 is 17.7 Å². The van der Waals surface area contributed by atoms with Crippen LogP contribution >= 0.6 is 0 Å². The molecule has 0 spiro atoms. The Morgan fingerprint density at radius 3 is 2.70 bits per heavy atom. The third-order valence-corrected chi connectivity index (χ3v) is 3.42. The first-order chi connectivity index (χ1) is 11.1. The van der Waals surface area contributed by atoms with E-state index in [9.17, 15) is 4.79 Å². The lowest BCUT2D eigenvalue weighted by Gasteiger charge is -2.13. The van der Waals surface area contributed by atoms with Gasteiger partial charge in [0.05, 0.1) is 6.61 Å². The summed E-state index contributed by atoms with van der Waals surface area (Å²) in [6, 6.07) is 10.0. The molecule has 0 radical (unpaired) electrons. The van der Waals surface area contributed by atoms with Crippen LogP contribution in [0, 0.1) is 6.92 Å². The summed E-state index contributed by atoms with van der Waals surface area (Å²) in [5.74, 6) is 0.666. The molecule has 2 rings (SSSR count). The van der Waals surface area contributed by atoms with Crippen LogP contribution in [0.4, 0.5) is 11.8 Å². The number of ether oxygens (including phenoxy) is 1. The summed E-state index contributed by atoms with van der Waals surface area (Å²) in [6.45, 7) is 4.67. The van der Waals surface area contributed by atoms with Gasteiger partial charge < -0.3 is 15.8 Å². The Bertz CT molecular complexity index is 659. The number of nitrogens with zero attached hydrogens (tertiary/aromatic N) is 2. The number of nitrogens with two attached hydrogens (primary N) is 1. The van der Waals surface area contributed by atoms with Crippen molar-refractivity contribution in [2.24, 2.45) is 0 Å². The standard InChI is InChI=1S/C17H22N4O2/c1-3-23-15(22)10-9-14-12(2)20-17(18)21-16(14)19-11-13-7-5-4-6-8-13/h4-8H,3,9-11H2,1-2H3,(H3,18,19,20,21). The van der Waals surface area contributed by atoms with Crippen LogP contribution in [0.5, 0.6) is 0 Å². The predicted molar refractivity (Wildman–Crippen MR) is 89.9 cm³/mol. The highest BCUT2D eigenvalue weighted by atomic mass is 16.5. The van der Waals surface area contributed by atoms with Crippen molar-refractivity contribution in [3.8, 4) is 0 Å². The van der Waals surface area contributed by atoms with Gasteiger partial charge in [-0.25, -0.2) is 4.98 Å². The summed E-state index contributed by atoms with van der Waals surface area (Å²) in [6.07, 6.45) is 0.810. The first-order valence-electron chi connectivity index (χ1n) is 7.66. The monoisotopic (exact) mass is 314 g/mol. The molecule has 0 aliphatic carbocycles. The van der Waals surface area contributed by atoms with E-state index in [-0.39, 0.29) is 11.9 Å². The van der Waals surface area contributed by atoms with Gasteiger partial charge in [-0.05, 0) is 25.8 Å². The highest BCUT2D eigenvalue weighted by Crippen LogP contribution is 2.20. The van der Waals surface area contributed by atoms with Crippen molar-refractivity contribution in [1.82, 2.24) is 9.97 Å². The number of nitrogens with one attached hydrogen (secondary N) is 1. The number of hydrogen-bond acceptors (Lipinski definition) is 6. The van der Waals surface area contributed by atoms with Crippen molar-refractivity contribution in [2.75, 3.05) is 17.7 Å². The molecule has 3 N–H and O–H groups in total. The summed E-state index contributed by atoms with van der Waals surface area (Å²) in [4.78, 5) is 20.0. The Kier molecular flexibility index (Phi) is 5.91. The zero-order valence-corrected chi connectivity index (χ0v) is 13.5. The molecule has 0 aliphatic rings. The number of nitrogen functional groups attached to an aromatic ring is 1. The van der Waals surface area contributed by atoms with E-state index in [0.717, 1.165) is 16.8 Å². The second kappa shape index (κ2) is 8.12. The third-order valence-electron chi connectivity index (χ3n) is 3.42. The van der Waals surface area contributed by atoms with Crippen LogP contribution in [0.2, 0.25) is 0 Å². The molecule has 23 heavy (non-hydrogen) atoms. The Labute approximate surface area is 136 Å². The lowest BCUT2D eigenvalue weighted by atomic mass is 10.1. The zero-order chi connectivity index (χ0) is 16.7. The SMILES string of the molecule is CCOC(=O)CCc1c(C)nc(N)nc1NCc1ccccc1. The molecule has 1 heterocycles. The largest absolute Gasteiger partial charge is 0.466 e. The molecule has 1 aromatic carbocycles. The number of esters is 1. The van der Waals surface area contributed by atoms with E-state index >= 15 is 0 Å². The topological polar surface area (TPSA) is 90.1 Å². The fourth-order valence-electron chi connectivity index (χ4n) is 2.31. The quantitative estimate of drug-likeness (QED) is 0.763. The molecule has 2 aromatic rings. The van der Waals surface area contributed by atoms with Gasteiger partial charge in [0.1, 0.15) is 5.82 Å². The van der Waals surface area contributed by atoms with Gasteiger partial charge in [0.15, 0.2) is 0 Å². The van der Waals surface area contributed by atoms with E-state index in [0.29, 0.717) is 31.8 Å². The molecular weight excluding hydrogens is 292 g/mol. The molecule has 122 valence electrons. The van der Waals surface area contributed by atoms with E-state index in [1.807, 2.05) is 37.3 Å². The van der Waals surface area contributed by atoms with Gasteiger partial charge in [0, 0.05) is 24.2 Å². The average molecular weight is 314 g/mol. The summed E-state index contributed by atoms with van der Waals surface area (Å²) in [7, 11) is 0.